The Bertz CT molecular complexity index is 1340. The first-order valence-corrected chi connectivity index (χ1v) is 11.5. The molecule has 33 heavy (non-hydrogen) atoms. The zero-order valence-electron chi connectivity index (χ0n) is 18.6. The lowest BCUT2D eigenvalue weighted by atomic mass is 9.82. The van der Waals surface area contributed by atoms with Crippen molar-refractivity contribution in [2.75, 3.05) is 13.1 Å². The number of rotatable bonds is 4. The van der Waals surface area contributed by atoms with Gasteiger partial charge in [-0.15, -0.1) is 5.10 Å². The zero-order valence-corrected chi connectivity index (χ0v) is 18.6. The smallest absolute Gasteiger partial charge is 0.250 e. The summed E-state index contributed by atoms with van der Waals surface area (Å²) in [5.41, 5.74) is 4.55. The lowest BCUT2D eigenvalue weighted by Gasteiger charge is -2.45. The number of tetrazole rings is 1. The highest BCUT2D eigenvalue weighted by molar-refractivity contribution is 5.41. The molecule has 7 nitrogen and oxygen atoms in total. The fourth-order valence-corrected chi connectivity index (χ4v) is 5.64. The van der Waals surface area contributed by atoms with Crippen molar-refractivity contribution in [1.29, 1.82) is 0 Å². The highest BCUT2D eigenvalue weighted by Crippen LogP contribution is 2.40. The Morgan fingerprint density at radius 1 is 0.909 bits per heavy atom. The standard InChI is InChI=1S/C26H26N6O/c1-18-8-5-6-11-22(18)32-26(27-28-29-32)25(20-9-3-2-4-10-20)30-15-19-14-21(17-30)23-12-7-13-24(33)31(23)16-19/h2-13,19,21,25H,14-17H2,1H3/t19-,21+,25-/m0/s1. The largest absolute Gasteiger partial charge is 0.312 e. The van der Waals surface area contributed by atoms with Gasteiger partial charge in [0.1, 0.15) is 0 Å². The van der Waals surface area contributed by atoms with Crippen LogP contribution in [0.3, 0.4) is 0 Å². The second-order valence-corrected chi connectivity index (χ2v) is 9.20. The Kier molecular flexibility index (Phi) is 4.91. The monoisotopic (exact) mass is 438 g/mol. The maximum Gasteiger partial charge on any atom is 0.250 e. The maximum atomic E-state index is 12.5. The molecular weight excluding hydrogens is 412 g/mol. The van der Waals surface area contributed by atoms with Crippen LogP contribution in [0.1, 0.15) is 41.0 Å². The normalized spacial score (nSPS) is 20.9. The van der Waals surface area contributed by atoms with E-state index in [-0.39, 0.29) is 11.6 Å². The summed E-state index contributed by atoms with van der Waals surface area (Å²) in [7, 11) is 0. The van der Waals surface area contributed by atoms with Crippen LogP contribution in [-0.2, 0) is 6.54 Å². The lowest BCUT2D eigenvalue weighted by Crippen LogP contribution is -2.48. The Morgan fingerprint density at radius 2 is 1.73 bits per heavy atom. The average Bonchev–Trinajstić information content (AvgIpc) is 3.30. The van der Waals surface area contributed by atoms with Gasteiger partial charge in [0.25, 0.3) is 5.56 Å². The Morgan fingerprint density at radius 3 is 2.58 bits per heavy atom. The van der Waals surface area contributed by atoms with Crippen molar-refractivity contribution in [3.05, 3.63) is 106 Å². The molecule has 0 N–H and O–H groups in total. The van der Waals surface area contributed by atoms with E-state index in [1.807, 2.05) is 33.5 Å². The highest BCUT2D eigenvalue weighted by atomic mass is 16.1. The van der Waals surface area contributed by atoms with Crippen LogP contribution >= 0.6 is 0 Å². The molecule has 0 unspecified atom stereocenters. The molecule has 6 rings (SSSR count). The number of fused-ring (bicyclic) bond motifs is 4. The third-order valence-corrected chi connectivity index (χ3v) is 7.07. The average molecular weight is 439 g/mol. The molecule has 7 heteroatoms. The molecule has 0 spiro atoms. The number of para-hydroxylation sites is 1. The molecule has 0 amide bonds. The second kappa shape index (κ2) is 8.08. The summed E-state index contributed by atoms with van der Waals surface area (Å²) in [5.74, 6) is 1.56. The van der Waals surface area contributed by atoms with Crippen LogP contribution in [0.25, 0.3) is 5.69 Å². The molecule has 2 aromatic carbocycles. The first-order chi connectivity index (χ1) is 16.2. The summed E-state index contributed by atoms with van der Waals surface area (Å²) in [5, 5.41) is 13.0. The van der Waals surface area contributed by atoms with Crippen molar-refractivity contribution in [1.82, 2.24) is 29.7 Å². The predicted octanol–water partition coefficient (Wildman–Crippen LogP) is 3.34. The van der Waals surface area contributed by atoms with Gasteiger partial charge in [-0.2, -0.15) is 4.68 Å². The van der Waals surface area contributed by atoms with E-state index in [1.54, 1.807) is 6.07 Å². The molecule has 0 radical (unpaired) electrons. The first-order valence-electron chi connectivity index (χ1n) is 11.5. The number of likely N-dealkylation sites (tertiary alicyclic amines) is 1. The Hall–Kier alpha value is -3.58. The van der Waals surface area contributed by atoms with Crippen LogP contribution in [0.5, 0.6) is 0 Å². The fourth-order valence-electron chi connectivity index (χ4n) is 5.64. The van der Waals surface area contributed by atoms with Gasteiger partial charge in [0.05, 0.1) is 11.7 Å². The van der Waals surface area contributed by atoms with Gasteiger partial charge in [0.2, 0.25) is 0 Å². The summed E-state index contributed by atoms with van der Waals surface area (Å²) in [6, 6.07) is 24.3. The molecule has 2 aliphatic heterocycles. The van der Waals surface area contributed by atoms with Crippen molar-refractivity contribution in [2.45, 2.75) is 31.8 Å². The number of aromatic nitrogens is 5. The molecule has 0 saturated carbocycles. The molecule has 3 atom stereocenters. The van der Waals surface area contributed by atoms with Crippen molar-refractivity contribution in [3.8, 4) is 5.69 Å². The quantitative estimate of drug-likeness (QED) is 0.489. The molecule has 4 aromatic rings. The van der Waals surface area contributed by atoms with Gasteiger partial charge < -0.3 is 4.57 Å². The van der Waals surface area contributed by atoms with E-state index in [4.69, 9.17) is 0 Å². The molecule has 2 aliphatic rings. The number of hydrogen-bond acceptors (Lipinski definition) is 5. The van der Waals surface area contributed by atoms with Gasteiger partial charge in [-0.3, -0.25) is 9.69 Å². The summed E-state index contributed by atoms with van der Waals surface area (Å²) >= 11 is 0. The number of piperidine rings is 1. The molecule has 1 fully saturated rings. The Balaban J connectivity index is 1.44. The first kappa shape index (κ1) is 20.1. The molecular formula is C26H26N6O. The topological polar surface area (TPSA) is 68.8 Å². The number of aryl methyl sites for hydroxylation is 1. The molecule has 0 aliphatic carbocycles. The van der Waals surface area contributed by atoms with Crippen LogP contribution in [0.4, 0.5) is 0 Å². The minimum atomic E-state index is -0.0758. The van der Waals surface area contributed by atoms with Gasteiger partial charge >= 0.3 is 0 Å². The third-order valence-electron chi connectivity index (χ3n) is 7.07. The SMILES string of the molecule is Cc1ccccc1-n1nnnc1[C@H](c1ccccc1)N1C[C@@H]2C[C@H](C1)c1cccc(=O)n1C2. The lowest BCUT2D eigenvalue weighted by molar-refractivity contribution is 0.0912. The van der Waals surface area contributed by atoms with Crippen LogP contribution < -0.4 is 5.56 Å². The second-order valence-electron chi connectivity index (χ2n) is 9.20. The van der Waals surface area contributed by atoms with E-state index in [0.29, 0.717) is 11.8 Å². The minimum absolute atomic E-state index is 0.0758. The van der Waals surface area contributed by atoms with Crippen molar-refractivity contribution in [3.63, 3.8) is 0 Å². The number of benzene rings is 2. The number of hydrogen-bond donors (Lipinski definition) is 0. The van der Waals surface area contributed by atoms with E-state index < -0.39 is 0 Å². The zero-order chi connectivity index (χ0) is 22.4. The summed E-state index contributed by atoms with van der Waals surface area (Å²) in [6.45, 7) is 4.61. The van der Waals surface area contributed by atoms with Crippen LogP contribution in [0.2, 0.25) is 0 Å². The van der Waals surface area contributed by atoms with E-state index in [9.17, 15) is 4.79 Å². The van der Waals surface area contributed by atoms with Gasteiger partial charge in [0, 0.05) is 37.3 Å². The van der Waals surface area contributed by atoms with Crippen molar-refractivity contribution < 1.29 is 0 Å². The number of nitrogens with zero attached hydrogens (tertiary/aromatic N) is 6. The van der Waals surface area contributed by atoms with E-state index in [0.717, 1.165) is 48.8 Å². The van der Waals surface area contributed by atoms with E-state index >= 15 is 0 Å². The van der Waals surface area contributed by atoms with Crippen LogP contribution in [-0.4, -0.2) is 42.8 Å². The van der Waals surface area contributed by atoms with E-state index in [1.165, 1.54) is 5.56 Å². The fraction of sp³-hybridized carbons (Fsp3) is 0.308. The van der Waals surface area contributed by atoms with Gasteiger partial charge in [-0.1, -0.05) is 54.6 Å². The van der Waals surface area contributed by atoms with E-state index in [2.05, 4.69) is 69.8 Å². The van der Waals surface area contributed by atoms with Gasteiger partial charge in [-0.25, -0.2) is 0 Å². The van der Waals surface area contributed by atoms with Crippen molar-refractivity contribution in [2.24, 2.45) is 5.92 Å². The summed E-state index contributed by atoms with van der Waals surface area (Å²) < 4.78 is 3.86. The predicted molar refractivity (Wildman–Crippen MR) is 125 cm³/mol. The molecule has 2 aromatic heterocycles. The third kappa shape index (κ3) is 3.49. The molecule has 166 valence electrons. The summed E-state index contributed by atoms with van der Waals surface area (Å²) in [4.78, 5) is 15.0. The van der Waals surface area contributed by atoms with Crippen LogP contribution in [0, 0.1) is 12.8 Å². The molecule has 4 heterocycles. The molecule has 2 bridgehead atoms. The van der Waals surface area contributed by atoms with Crippen LogP contribution in [0.15, 0.2) is 77.6 Å². The number of pyridine rings is 1. The highest BCUT2D eigenvalue weighted by Gasteiger charge is 2.39. The Labute approximate surface area is 192 Å². The summed E-state index contributed by atoms with van der Waals surface area (Å²) in [6.07, 6.45) is 1.12. The van der Waals surface area contributed by atoms with Gasteiger partial charge in [-0.05, 0) is 52.9 Å². The minimum Gasteiger partial charge on any atom is -0.312 e. The van der Waals surface area contributed by atoms with Crippen molar-refractivity contribution >= 4 is 0 Å². The maximum absolute atomic E-state index is 12.5. The van der Waals surface area contributed by atoms with Gasteiger partial charge in [0.15, 0.2) is 5.82 Å². The molecule has 1 saturated heterocycles.